The van der Waals surface area contributed by atoms with E-state index in [-0.39, 0.29) is 29.8 Å². The number of likely N-dealkylation sites (tertiary alicyclic amines) is 1. The number of amides is 1. The van der Waals surface area contributed by atoms with Gasteiger partial charge in [0.25, 0.3) is 0 Å². The summed E-state index contributed by atoms with van der Waals surface area (Å²) < 4.78 is 45.1. The van der Waals surface area contributed by atoms with Crippen LogP contribution in [0, 0.1) is 5.92 Å². The van der Waals surface area contributed by atoms with Crippen molar-refractivity contribution in [1.82, 2.24) is 30.0 Å². The van der Waals surface area contributed by atoms with Gasteiger partial charge in [0, 0.05) is 57.4 Å². The molecule has 0 aromatic rings. The Hall–Kier alpha value is -0.720. The Labute approximate surface area is 232 Å². The summed E-state index contributed by atoms with van der Waals surface area (Å²) in [6, 6.07) is -1.14. The molecule has 0 aromatic heterocycles. The summed E-state index contributed by atoms with van der Waals surface area (Å²) >= 11 is 0. The molecule has 39 heavy (non-hydrogen) atoms. The minimum absolute atomic E-state index is 0.0749. The predicted molar refractivity (Wildman–Crippen MR) is 149 cm³/mol. The van der Waals surface area contributed by atoms with Gasteiger partial charge in [-0.25, -0.2) is 8.78 Å². The summed E-state index contributed by atoms with van der Waals surface area (Å²) in [7, 11) is 0.127. The molecule has 0 radical (unpaired) electrons. The van der Waals surface area contributed by atoms with Crippen LogP contribution in [0.2, 0.25) is 0 Å². The number of piperidine rings is 2. The quantitative estimate of drug-likeness (QED) is 0.237. The average molecular weight is 575 g/mol. The Bertz CT molecular complexity index is 896. The maximum absolute atomic E-state index is 15.4. The van der Waals surface area contributed by atoms with Gasteiger partial charge in [0.05, 0.1) is 30.0 Å². The Balaban J connectivity index is 1.23. The van der Waals surface area contributed by atoms with E-state index in [0.29, 0.717) is 45.7 Å². The van der Waals surface area contributed by atoms with Crippen LogP contribution in [-0.2, 0) is 9.36 Å². The Kier molecular flexibility index (Phi) is 9.35. The minimum atomic E-state index is -1.91. The lowest BCUT2D eigenvalue weighted by atomic mass is 9.66. The fourth-order valence-electron chi connectivity index (χ4n) is 8.05. The van der Waals surface area contributed by atoms with Crippen molar-refractivity contribution in [2.75, 3.05) is 59.4 Å². The number of nitrogens with two attached hydrogens (primary N) is 2. The third-order valence-corrected chi connectivity index (χ3v) is 12.7. The standard InChI is InChI=1S/C26H49F2N8O2P/c1-3-26-7-6-17(27)16-36(26)20(13-26)22(24(29)30)25(37)32-19-15-31-14-18(28)23(19)34-9-11-35(12-10-34)39(38)21-5-4-8-33(21)2/h17-24,31,39H,3-16,29-30H2,1-2H3,(H,32,37). The molecular formula is C26H49F2N8O2P. The molecule has 224 valence electrons. The highest BCUT2D eigenvalue weighted by Gasteiger charge is 2.57. The highest BCUT2D eigenvalue weighted by molar-refractivity contribution is 7.42. The molecule has 9 atom stereocenters. The first-order valence-electron chi connectivity index (χ1n) is 15.0. The first-order chi connectivity index (χ1) is 18.6. The second kappa shape index (κ2) is 12.3. The van der Waals surface area contributed by atoms with Crippen LogP contribution in [-0.4, -0.2) is 133 Å². The molecule has 0 bridgehead atoms. The maximum atomic E-state index is 15.4. The molecule has 10 nitrogen and oxygen atoms in total. The molecule has 6 N–H and O–H groups in total. The molecule has 5 aliphatic heterocycles. The molecule has 0 spiro atoms. The van der Waals surface area contributed by atoms with Gasteiger partial charge in [0.1, 0.15) is 12.3 Å². The van der Waals surface area contributed by atoms with Gasteiger partial charge in [0.15, 0.2) is 7.95 Å². The summed E-state index contributed by atoms with van der Waals surface area (Å²) in [6.45, 7) is 6.57. The summed E-state index contributed by atoms with van der Waals surface area (Å²) in [5, 5.41) is 6.23. The normalized spacial score (nSPS) is 40.7. The molecule has 5 saturated heterocycles. The van der Waals surface area contributed by atoms with Gasteiger partial charge in [-0.3, -0.25) is 24.2 Å². The van der Waals surface area contributed by atoms with Crippen molar-refractivity contribution in [1.29, 1.82) is 0 Å². The maximum Gasteiger partial charge on any atom is 0.227 e. The number of carbonyl (C=O) groups excluding carboxylic acids is 1. The van der Waals surface area contributed by atoms with Gasteiger partial charge in [-0.2, -0.15) is 0 Å². The van der Waals surface area contributed by atoms with Crippen LogP contribution in [0.4, 0.5) is 8.78 Å². The molecule has 13 heteroatoms. The van der Waals surface area contributed by atoms with Crippen molar-refractivity contribution >= 4 is 13.9 Å². The van der Waals surface area contributed by atoms with E-state index < -0.39 is 44.5 Å². The van der Waals surface area contributed by atoms with Crippen LogP contribution in [0.25, 0.3) is 0 Å². The summed E-state index contributed by atoms with van der Waals surface area (Å²) in [5.41, 5.74) is 12.3. The lowest BCUT2D eigenvalue weighted by Crippen LogP contribution is -2.75. The zero-order valence-electron chi connectivity index (χ0n) is 23.5. The lowest BCUT2D eigenvalue weighted by molar-refractivity contribution is -0.158. The number of piperazine rings is 1. The van der Waals surface area contributed by atoms with Crippen LogP contribution in [0.1, 0.15) is 45.4 Å². The molecule has 9 unspecified atom stereocenters. The Morgan fingerprint density at radius 3 is 2.54 bits per heavy atom. The number of fused-ring (bicyclic) bond motifs is 1. The van der Waals surface area contributed by atoms with E-state index in [9.17, 15) is 13.8 Å². The molecule has 0 aliphatic carbocycles. The van der Waals surface area contributed by atoms with Crippen LogP contribution in [0.3, 0.4) is 0 Å². The number of alkyl halides is 2. The fraction of sp³-hybridized carbons (Fsp3) is 0.962. The highest BCUT2D eigenvalue weighted by Crippen LogP contribution is 2.49. The fourth-order valence-corrected chi connectivity index (χ4v) is 10.1. The van der Waals surface area contributed by atoms with E-state index >= 15 is 4.39 Å². The highest BCUT2D eigenvalue weighted by atomic mass is 31.1. The van der Waals surface area contributed by atoms with E-state index in [1.807, 2.05) is 7.05 Å². The topological polar surface area (TPSA) is 123 Å². The Morgan fingerprint density at radius 2 is 1.90 bits per heavy atom. The summed E-state index contributed by atoms with van der Waals surface area (Å²) in [6.07, 6.45) is 2.10. The van der Waals surface area contributed by atoms with Crippen molar-refractivity contribution in [3.05, 3.63) is 0 Å². The van der Waals surface area contributed by atoms with Gasteiger partial charge in [-0.1, -0.05) is 6.92 Å². The molecule has 0 saturated carbocycles. The van der Waals surface area contributed by atoms with Gasteiger partial charge in [0.2, 0.25) is 5.91 Å². The zero-order valence-corrected chi connectivity index (χ0v) is 24.5. The molecule has 1 amide bonds. The average Bonchev–Trinajstić information content (AvgIpc) is 3.33. The minimum Gasteiger partial charge on any atom is -0.350 e. The van der Waals surface area contributed by atoms with E-state index in [4.69, 9.17) is 11.5 Å². The number of hydrogen-bond donors (Lipinski definition) is 4. The third-order valence-electron chi connectivity index (χ3n) is 10.4. The van der Waals surface area contributed by atoms with Gasteiger partial charge >= 0.3 is 0 Å². The van der Waals surface area contributed by atoms with Crippen molar-refractivity contribution < 1.29 is 18.1 Å². The summed E-state index contributed by atoms with van der Waals surface area (Å²) in [5.74, 6) is -0.842. The van der Waals surface area contributed by atoms with E-state index in [1.165, 1.54) is 0 Å². The Morgan fingerprint density at radius 1 is 1.15 bits per heavy atom. The van der Waals surface area contributed by atoms with Crippen LogP contribution < -0.4 is 22.1 Å². The molecular weight excluding hydrogens is 525 g/mol. The van der Waals surface area contributed by atoms with E-state index in [0.717, 1.165) is 38.6 Å². The van der Waals surface area contributed by atoms with Crippen molar-refractivity contribution in [2.24, 2.45) is 17.4 Å². The number of halogens is 2. The van der Waals surface area contributed by atoms with E-state index in [1.54, 1.807) is 0 Å². The van der Waals surface area contributed by atoms with Crippen LogP contribution in [0.5, 0.6) is 0 Å². The second-order valence-corrected chi connectivity index (χ2v) is 14.5. The van der Waals surface area contributed by atoms with Crippen LogP contribution in [0.15, 0.2) is 0 Å². The summed E-state index contributed by atoms with van der Waals surface area (Å²) in [4.78, 5) is 20.1. The van der Waals surface area contributed by atoms with Crippen LogP contribution >= 0.6 is 7.95 Å². The van der Waals surface area contributed by atoms with Crippen molar-refractivity contribution in [2.45, 2.75) is 93.4 Å². The number of hydrogen-bond acceptors (Lipinski definition) is 8. The number of carbonyl (C=O) groups is 1. The zero-order chi connectivity index (χ0) is 27.9. The molecule has 5 fully saturated rings. The molecule has 5 rings (SSSR count). The van der Waals surface area contributed by atoms with Gasteiger partial charge in [-0.05, 0) is 52.1 Å². The smallest absolute Gasteiger partial charge is 0.227 e. The van der Waals surface area contributed by atoms with Gasteiger partial charge < -0.3 is 26.7 Å². The van der Waals surface area contributed by atoms with Crippen molar-refractivity contribution in [3.8, 4) is 0 Å². The molecule has 5 aliphatic rings. The first-order valence-corrected chi connectivity index (χ1v) is 16.4. The lowest BCUT2D eigenvalue weighted by Gasteiger charge is -2.63. The van der Waals surface area contributed by atoms with E-state index in [2.05, 4.69) is 36.9 Å². The second-order valence-electron chi connectivity index (χ2n) is 12.5. The molecule has 0 aromatic carbocycles. The monoisotopic (exact) mass is 574 g/mol. The number of nitrogens with one attached hydrogen (secondary N) is 2. The van der Waals surface area contributed by atoms with Gasteiger partial charge in [-0.15, -0.1) is 0 Å². The third kappa shape index (κ3) is 5.82. The number of rotatable bonds is 8. The largest absolute Gasteiger partial charge is 0.350 e. The molecule has 5 heterocycles. The predicted octanol–water partition coefficient (Wildman–Crippen LogP) is 0.140. The first kappa shape index (κ1) is 29.8. The SMILES string of the molecule is CCC12CCC(F)CN1C(C(C(=O)NC1CNCC(F)C1N1CCN([PH](=O)C3CCCN3C)CC1)C(N)N)C2. The van der Waals surface area contributed by atoms with Crippen molar-refractivity contribution in [3.63, 3.8) is 0 Å². The number of nitrogens with zero attached hydrogens (tertiary/aromatic N) is 4.